The first kappa shape index (κ1) is 69.0. The van der Waals surface area contributed by atoms with Gasteiger partial charge in [-0.15, -0.1) is 22.7 Å². The molecule has 0 saturated heterocycles. The summed E-state index contributed by atoms with van der Waals surface area (Å²) < 4.78 is 0. The summed E-state index contributed by atoms with van der Waals surface area (Å²) in [5.74, 6) is 1.18. The van der Waals surface area contributed by atoms with Crippen LogP contribution in [0.2, 0.25) is 0 Å². The topological polar surface area (TPSA) is 40.6 Å². The normalized spacial score (nSPS) is 17.3. The molecule has 2 unspecified atom stereocenters. The van der Waals surface area contributed by atoms with Gasteiger partial charge in [0.1, 0.15) is 0 Å². The maximum Gasteiger partial charge on any atom is 0.260 e. The highest BCUT2D eigenvalue weighted by Crippen LogP contribution is 2.41. The van der Waals surface area contributed by atoms with Gasteiger partial charge in [-0.3, -0.25) is 9.59 Å². The van der Waals surface area contributed by atoms with E-state index in [1.54, 1.807) is 11.3 Å². The third kappa shape index (κ3) is 21.3. The lowest BCUT2D eigenvalue weighted by Crippen LogP contribution is -2.35. The molecule has 2 aromatic carbocycles. The van der Waals surface area contributed by atoms with Crippen LogP contribution in [0.25, 0.3) is 21.6 Å². The van der Waals surface area contributed by atoms with Crippen molar-refractivity contribution >= 4 is 57.0 Å². The van der Waals surface area contributed by atoms with Crippen molar-refractivity contribution in [3.05, 3.63) is 91.3 Å². The van der Waals surface area contributed by atoms with Crippen molar-refractivity contribution in [1.82, 2.24) is 0 Å². The van der Waals surface area contributed by atoms with E-state index in [2.05, 4.69) is 126 Å². The number of unbranched alkanes of at least 4 members (excludes halogenated alkanes) is 25. The van der Waals surface area contributed by atoms with Gasteiger partial charge in [0, 0.05) is 43.0 Å². The molecule has 7 rings (SSSR count). The minimum Gasteiger partial charge on any atom is -0.307 e. The summed E-state index contributed by atoms with van der Waals surface area (Å²) in [5, 5.41) is 2.07. The Hall–Kier alpha value is -3.48. The lowest BCUT2D eigenvalue weighted by molar-refractivity contribution is -0.114. The van der Waals surface area contributed by atoms with Crippen LogP contribution < -0.4 is 20.2 Å². The Balaban J connectivity index is 1.27. The van der Waals surface area contributed by atoms with Crippen molar-refractivity contribution in [3.63, 3.8) is 0 Å². The summed E-state index contributed by atoms with van der Waals surface area (Å²) in [6.45, 7) is 20.1. The molecule has 0 N–H and O–H groups in total. The SMILES string of the molecule is CCCCCCCCCCCCC1CCCCCCCCCCC(C)(C)c2ccc(s2)C2=c3cc4c(cc3N(CC(CCCCCCCCCC)CCCCCCCCCCCC)C2=O)=C(c2ccc(-c3ccc(C(C)(C)C)cc3)s2)C(=O)N4C1. The minimum absolute atomic E-state index is 0.0327. The van der Waals surface area contributed by atoms with Crippen molar-refractivity contribution in [3.8, 4) is 10.4 Å². The summed E-state index contributed by atoms with van der Waals surface area (Å²) in [6.07, 6.45) is 53.5. The number of hydrogen-bond acceptors (Lipinski definition) is 4. The largest absolute Gasteiger partial charge is 0.307 e. The summed E-state index contributed by atoms with van der Waals surface area (Å²) in [4.78, 5) is 40.9. The monoisotopic (exact) mass is 1190 g/mol. The Bertz CT molecular complexity index is 2700. The number of fused-ring (bicyclic) bond motifs is 3. The Morgan fingerprint density at radius 2 is 0.941 bits per heavy atom. The predicted octanol–water partition coefficient (Wildman–Crippen LogP) is 23.4. The van der Waals surface area contributed by atoms with E-state index in [1.165, 1.54) is 278 Å². The van der Waals surface area contributed by atoms with Crippen molar-refractivity contribution < 1.29 is 9.59 Å². The third-order valence-electron chi connectivity index (χ3n) is 20.0. The van der Waals surface area contributed by atoms with Crippen molar-refractivity contribution in [2.45, 2.75) is 329 Å². The van der Waals surface area contributed by atoms with Gasteiger partial charge in [-0.1, -0.05) is 311 Å². The van der Waals surface area contributed by atoms with E-state index < -0.39 is 0 Å². The summed E-state index contributed by atoms with van der Waals surface area (Å²) in [6, 6.07) is 22.9. The Morgan fingerprint density at radius 1 is 0.494 bits per heavy atom. The molecule has 0 fully saturated rings. The lowest BCUT2D eigenvalue weighted by Gasteiger charge is -2.27. The number of anilines is 2. The Labute approximate surface area is 529 Å². The third-order valence-corrected chi connectivity index (χ3v) is 22.6. The highest BCUT2D eigenvalue weighted by molar-refractivity contribution is 7.17. The molecular formula is C79H122N2O2S2. The molecule has 472 valence electrons. The number of benzene rings is 2. The number of hydrogen-bond donors (Lipinski definition) is 0. The standard InChI is InChI=1S/C79H122N2O2S2/c1-9-12-15-18-21-24-26-31-36-41-46-62-47-43-38-33-28-29-34-39-44-57-79(7,8)73-56-55-72(85-73)75-67-59-68-66(74(76(82)80(68)60-62)71-54-53-70(84-71)64-49-51-65(52-50-64)78(4,5)6)58-69(67)81(77(75)83)61-63(45-40-35-30-23-20-17-14-11-3)48-42-37-32-27-25-22-19-16-13-10-2/h49-56,58-59,62-63H,9-48,57,60-61H2,1-8H3. The molecule has 2 amide bonds. The summed E-state index contributed by atoms with van der Waals surface area (Å²) in [7, 11) is 0. The zero-order chi connectivity index (χ0) is 60.3. The van der Waals surface area contributed by atoms with E-state index in [0.29, 0.717) is 11.8 Å². The van der Waals surface area contributed by atoms with Gasteiger partial charge in [0.2, 0.25) is 0 Å². The molecule has 0 aliphatic carbocycles. The second-order valence-corrected chi connectivity index (χ2v) is 31.0. The van der Waals surface area contributed by atoms with Crippen LogP contribution >= 0.6 is 22.7 Å². The quantitative estimate of drug-likeness (QED) is 0.0431. The van der Waals surface area contributed by atoms with Crippen molar-refractivity contribution in [2.24, 2.45) is 11.8 Å². The van der Waals surface area contributed by atoms with Gasteiger partial charge in [-0.25, -0.2) is 0 Å². The number of rotatable bonds is 35. The number of amides is 2. The summed E-state index contributed by atoms with van der Waals surface area (Å²) in [5.41, 5.74) is 6.37. The first-order chi connectivity index (χ1) is 41.3. The fraction of sp³-hybridized carbons (Fsp3) is 0.696. The van der Waals surface area contributed by atoms with Gasteiger partial charge in [-0.2, -0.15) is 0 Å². The summed E-state index contributed by atoms with van der Waals surface area (Å²) >= 11 is 3.62. The second kappa shape index (κ2) is 36.9. The van der Waals surface area contributed by atoms with Crippen LogP contribution in [-0.4, -0.2) is 24.9 Å². The van der Waals surface area contributed by atoms with Crippen LogP contribution in [0.3, 0.4) is 0 Å². The smallest absolute Gasteiger partial charge is 0.260 e. The molecule has 2 aromatic heterocycles. The van der Waals surface area contributed by atoms with Crippen LogP contribution in [0.15, 0.2) is 60.7 Å². The molecule has 0 spiro atoms. The fourth-order valence-electron chi connectivity index (χ4n) is 14.3. The lowest BCUT2D eigenvalue weighted by atomic mass is 9.85. The first-order valence-corrected chi connectivity index (χ1v) is 37.9. The van der Waals surface area contributed by atoms with Crippen LogP contribution in [0, 0.1) is 11.8 Å². The van der Waals surface area contributed by atoms with Crippen LogP contribution in [-0.2, 0) is 20.4 Å². The van der Waals surface area contributed by atoms with Crippen molar-refractivity contribution in [2.75, 3.05) is 22.9 Å². The van der Waals surface area contributed by atoms with E-state index in [4.69, 9.17) is 0 Å². The number of thiophene rings is 2. The van der Waals surface area contributed by atoms with Gasteiger partial charge in [0.05, 0.1) is 22.5 Å². The zero-order valence-electron chi connectivity index (χ0n) is 55.9. The molecule has 2 atom stereocenters. The molecule has 4 nitrogen and oxygen atoms in total. The molecule has 0 radical (unpaired) electrons. The van der Waals surface area contributed by atoms with Gasteiger partial charge in [0.25, 0.3) is 11.8 Å². The molecule has 6 heteroatoms. The zero-order valence-corrected chi connectivity index (χ0v) is 57.5. The molecule has 85 heavy (non-hydrogen) atoms. The van der Waals surface area contributed by atoms with E-state index in [-0.39, 0.29) is 22.6 Å². The maximum absolute atomic E-state index is 15.9. The highest BCUT2D eigenvalue weighted by Gasteiger charge is 2.39. The Kier molecular flexibility index (Phi) is 29.9. The van der Waals surface area contributed by atoms with E-state index in [0.717, 1.165) is 62.2 Å². The predicted molar refractivity (Wildman–Crippen MR) is 375 cm³/mol. The molecule has 3 aliphatic heterocycles. The molecule has 3 aliphatic rings. The molecule has 0 saturated carbocycles. The fourth-order valence-corrected chi connectivity index (χ4v) is 16.6. The molecule has 4 aromatic rings. The van der Waals surface area contributed by atoms with Gasteiger partial charge in [-0.05, 0) is 102 Å². The average molecular weight is 1200 g/mol. The second-order valence-electron chi connectivity index (χ2n) is 28.8. The van der Waals surface area contributed by atoms with E-state index >= 15 is 9.59 Å². The highest BCUT2D eigenvalue weighted by atomic mass is 32.1. The molecular weight excluding hydrogens is 1070 g/mol. The van der Waals surface area contributed by atoms with E-state index in [1.807, 2.05) is 11.3 Å². The van der Waals surface area contributed by atoms with Crippen molar-refractivity contribution in [1.29, 1.82) is 0 Å². The maximum atomic E-state index is 15.9. The van der Waals surface area contributed by atoms with E-state index in [9.17, 15) is 0 Å². The number of nitrogens with zero attached hydrogens (tertiary/aromatic N) is 2. The van der Waals surface area contributed by atoms with Crippen LogP contribution in [0.1, 0.15) is 339 Å². The first-order valence-electron chi connectivity index (χ1n) is 36.2. The van der Waals surface area contributed by atoms with Gasteiger partial charge < -0.3 is 9.80 Å². The molecule has 4 bridgehead atoms. The molecule has 5 heterocycles. The van der Waals surface area contributed by atoms with Crippen LogP contribution in [0.5, 0.6) is 0 Å². The average Bonchev–Trinajstić information content (AvgIpc) is 1.73. The van der Waals surface area contributed by atoms with Gasteiger partial charge >= 0.3 is 0 Å². The Morgan fingerprint density at radius 3 is 1.49 bits per heavy atom. The number of carbonyl (C=O) groups is 2. The number of carbonyl (C=O) groups excluding carboxylic acids is 2. The van der Waals surface area contributed by atoms with Gasteiger partial charge in [0.15, 0.2) is 0 Å². The van der Waals surface area contributed by atoms with Crippen LogP contribution in [0.4, 0.5) is 11.4 Å². The minimum atomic E-state index is 0.0327.